The normalized spacial score (nSPS) is 11.1. The summed E-state index contributed by atoms with van der Waals surface area (Å²) in [6, 6.07) is -0.128. The maximum absolute atomic E-state index is 11.0. The van der Waals surface area contributed by atoms with Gasteiger partial charge in [-0.1, -0.05) is 13.8 Å². The predicted octanol–water partition coefficient (Wildman–Crippen LogP) is 0.276. The van der Waals surface area contributed by atoms with Gasteiger partial charge in [0.25, 0.3) is 0 Å². The van der Waals surface area contributed by atoms with Crippen LogP contribution < -0.4 is 5.32 Å². The summed E-state index contributed by atoms with van der Waals surface area (Å²) < 4.78 is 0. The molecule has 4 heteroatoms. The minimum absolute atomic E-state index is 0.0701. The lowest BCUT2D eigenvalue weighted by Gasteiger charge is -2.23. The van der Waals surface area contributed by atoms with E-state index in [0.29, 0.717) is 6.54 Å². The highest BCUT2D eigenvalue weighted by Crippen LogP contribution is 2.10. The van der Waals surface area contributed by atoms with Crippen LogP contribution in [-0.2, 0) is 0 Å². The number of carbonyl (C=O) groups is 1. The molecule has 2 N–H and O–H groups in total. The fraction of sp³-hybridized carbons (Fsp3) is 0.875. The summed E-state index contributed by atoms with van der Waals surface area (Å²) in [5.74, 6) is 0. The van der Waals surface area contributed by atoms with E-state index >= 15 is 0 Å². The Morgan fingerprint density at radius 1 is 1.50 bits per heavy atom. The van der Waals surface area contributed by atoms with E-state index in [-0.39, 0.29) is 18.1 Å². The van der Waals surface area contributed by atoms with Gasteiger partial charge >= 0.3 is 6.03 Å². The average Bonchev–Trinajstić information content (AvgIpc) is 2.00. The maximum Gasteiger partial charge on any atom is 0.316 e. The van der Waals surface area contributed by atoms with E-state index in [1.807, 2.05) is 13.8 Å². The molecule has 0 aromatic carbocycles. The zero-order chi connectivity index (χ0) is 9.78. The summed E-state index contributed by atoms with van der Waals surface area (Å²) in [5.41, 5.74) is -0.244. The van der Waals surface area contributed by atoms with Crippen molar-refractivity contribution in [2.24, 2.45) is 5.41 Å². The summed E-state index contributed by atoms with van der Waals surface area (Å²) in [5, 5.41) is 11.6. The molecule has 0 saturated carbocycles. The molecule has 0 spiro atoms. The van der Waals surface area contributed by atoms with Crippen molar-refractivity contribution in [3.63, 3.8) is 0 Å². The minimum atomic E-state index is -0.244. The van der Waals surface area contributed by atoms with Gasteiger partial charge < -0.3 is 15.3 Å². The first-order valence-electron chi connectivity index (χ1n) is 3.95. The van der Waals surface area contributed by atoms with Crippen LogP contribution in [0, 0.1) is 5.41 Å². The molecule has 0 aliphatic rings. The van der Waals surface area contributed by atoms with Crippen molar-refractivity contribution in [2.75, 3.05) is 27.2 Å². The van der Waals surface area contributed by atoms with Gasteiger partial charge in [0.05, 0.1) is 0 Å². The number of nitrogens with one attached hydrogen (secondary N) is 1. The Hall–Kier alpha value is -0.770. The summed E-state index contributed by atoms with van der Waals surface area (Å²) >= 11 is 0. The van der Waals surface area contributed by atoms with Crippen LogP contribution >= 0.6 is 0 Å². The lowest BCUT2D eigenvalue weighted by atomic mass is 9.95. The number of aliphatic hydroxyl groups excluding tert-OH is 1. The molecule has 0 atom stereocenters. The van der Waals surface area contributed by atoms with Crippen LogP contribution in [0.3, 0.4) is 0 Å². The number of aliphatic hydroxyl groups is 1. The molecule has 0 heterocycles. The third-order valence-corrected chi connectivity index (χ3v) is 1.55. The van der Waals surface area contributed by atoms with Gasteiger partial charge in [-0.15, -0.1) is 0 Å². The summed E-state index contributed by atoms with van der Waals surface area (Å²) in [6.45, 7) is 4.34. The standard InChI is InChI=1S/C8H18N2O2/c1-8(2,6-11)5-9-7(12)10(3)4/h11H,5-6H2,1-4H3,(H,9,12). The van der Waals surface area contributed by atoms with Crippen LogP contribution in [0.15, 0.2) is 0 Å². The Bertz CT molecular complexity index is 155. The molecular weight excluding hydrogens is 156 g/mol. The number of amides is 2. The molecule has 0 fully saturated rings. The predicted molar refractivity (Wildman–Crippen MR) is 48.0 cm³/mol. The summed E-state index contributed by atoms with van der Waals surface area (Å²) in [6.07, 6.45) is 0. The Morgan fingerprint density at radius 3 is 2.33 bits per heavy atom. The fourth-order valence-corrected chi connectivity index (χ4v) is 0.529. The van der Waals surface area contributed by atoms with Crippen molar-refractivity contribution >= 4 is 6.03 Å². The summed E-state index contributed by atoms with van der Waals surface area (Å²) in [4.78, 5) is 12.5. The third kappa shape index (κ3) is 4.18. The molecule has 12 heavy (non-hydrogen) atoms. The molecule has 0 bridgehead atoms. The van der Waals surface area contributed by atoms with Gasteiger partial charge in [0, 0.05) is 32.7 Å². The van der Waals surface area contributed by atoms with Gasteiger partial charge in [0.1, 0.15) is 0 Å². The zero-order valence-corrected chi connectivity index (χ0v) is 8.22. The van der Waals surface area contributed by atoms with Crippen LogP contribution in [0.2, 0.25) is 0 Å². The second-order valence-electron chi connectivity index (χ2n) is 3.88. The molecule has 0 aliphatic carbocycles. The lowest BCUT2D eigenvalue weighted by Crippen LogP contribution is -2.41. The molecule has 0 aromatic rings. The molecule has 4 nitrogen and oxygen atoms in total. The highest BCUT2D eigenvalue weighted by atomic mass is 16.3. The van der Waals surface area contributed by atoms with Crippen LogP contribution in [0.5, 0.6) is 0 Å². The highest BCUT2D eigenvalue weighted by Gasteiger charge is 2.17. The van der Waals surface area contributed by atoms with Gasteiger partial charge in [-0.2, -0.15) is 0 Å². The molecule has 0 radical (unpaired) electrons. The van der Waals surface area contributed by atoms with E-state index in [4.69, 9.17) is 5.11 Å². The molecule has 0 aliphatic heterocycles. The number of carbonyl (C=O) groups excluding carboxylic acids is 1. The van der Waals surface area contributed by atoms with Crippen molar-refractivity contribution < 1.29 is 9.90 Å². The van der Waals surface area contributed by atoms with Gasteiger partial charge in [-0.3, -0.25) is 0 Å². The quantitative estimate of drug-likeness (QED) is 0.645. The average molecular weight is 174 g/mol. The SMILES string of the molecule is CN(C)C(=O)NCC(C)(C)CO. The molecule has 0 rings (SSSR count). The molecule has 2 amide bonds. The second-order valence-corrected chi connectivity index (χ2v) is 3.88. The van der Waals surface area contributed by atoms with Crippen LogP contribution in [0.25, 0.3) is 0 Å². The van der Waals surface area contributed by atoms with E-state index < -0.39 is 0 Å². The number of urea groups is 1. The van der Waals surface area contributed by atoms with E-state index in [9.17, 15) is 4.79 Å². The molecule has 72 valence electrons. The maximum atomic E-state index is 11.0. The zero-order valence-electron chi connectivity index (χ0n) is 8.22. The fourth-order valence-electron chi connectivity index (χ4n) is 0.529. The Labute approximate surface area is 73.6 Å². The Morgan fingerprint density at radius 2 is 2.00 bits per heavy atom. The second kappa shape index (κ2) is 4.30. The number of hydrogen-bond acceptors (Lipinski definition) is 2. The lowest BCUT2D eigenvalue weighted by molar-refractivity contribution is 0.154. The number of hydrogen-bond donors (Lipinski definition) is 2. The molecule has 0 unspecified atom stereocenters. The van der Waals surface area contributed by atoms with E-state index in [0.717, 1.165) is 0 Å². The Balaban J connectivity index is 3.76. The van der Waals surface area contributed by atoms with E-state index in [1.54, 1.807) is 14.1 Å². The van der Waals surface area contributed by atoms with Gasteiger partial charge in [-0.25, -0.2) is 4.79 Å². The largest absolute Gasteiger partial charge is 0.396 e. The van der Waals surface area contributed by atoms with Crippen molar-refractivity contribution in [3.8, 4) is 0 Å². The van der Waals surface area contributed by atoms with Crippen molar-refractivity contribution in [2.45, 2.75) is 13.8 Å². The monoisotopic (exact) mass is 174 g/mol. The van der Waals surface area contributed by atoms with Crippen molar-refractivity contribution in [1.29, 1.82) is 0 Å². The molecule has 0 aromatic heterocycles. The van der Waals surface area contributed by atoms with Gasteiger partial charge in [0.15, 0.2) is 0 Å². The van der Waals surface area contributed by atoms with E-state index in [1.165, 1.54) is 4.90 Å². The van der Waals surface area contributed by atoms with Crippen LogP contribution in [0.1, 0.15) is 13.8 Å². The van der Waals surface area contributed by atoms with Gasteiger partial charge in [0.2, 0.25) is 0 Å². The van der Waals surface area contributed by atoms with E-state index in [2.05, 4.69) is 5.32 Å². The van der Waals surface area contributed by atoms with Gasteiger partial charge in [-0.05, 0) is 0 Å². The molecule has 0 saturated heterocycles. The first-order chi connectivity index (χ1) is 5.39. The minimum Gasteiger partial charge on any atom is -0.396 e. The third-order valence-electron chi connectivity index (χ3n) is 1.55. The number of rotatable bonds is 3. The topological polar surface area (TPSA) is 52.6 Å². The highest BCUT2D eigenvalue weighted by molar-refractivity contribution is 5.73. The summed E-state index contributed by atoms with van der Waals surface area (Å²) in [7, 11) is 3.36. The Kier molecular flexibility index (Phi) is 4.03. The van der Waals surface area contributed by atoms with Crippen LogP contribution in [-0.4, -0.2) is 43.3 Å². The molecular formula is C8H18N2O2. The van der Waals surface area contributed by atoms with Crippen LogP contribution in [0.4, 0.5) is 4.79 Å². The first kappa shape index (κ1) is 11.2. The number of nitrogens with zero attached hydrogens (tertiary/aromatic N) is 1. The van der Waals surface area contributed by atoms with Crippen molar-refractivity contribution in [1.82, 2.24) is 10.2 Å². The van der Waals surface area contributed by atoms with Crippen molar-refractivity contribution in [3.05, 3.63) is 0 Å². The first-order valence-corrected chi connectivity index (χ1v) is 3.95. The smallest absolute Gasteiger partial charge is 0.316 e.